The Bertz CT molecular complexity index is 742. The first kappa shape index (κ1) is 18.3. The third-order valence-corrected chi connectivity index (χ3v) is 3.63. The lowest BCUT2D eigenvalue weighted by molar-refractivity contribution is -0.114. The summed E-state index contributed by atoms with van der Waals surface area (Å²) in [6.07, 6.45) is 0.637. The third kappa shape index (κ3) is 5.24. The van der Waals surface area contributed by atoms with Crippen LogP contribution in [0.25, 0.3) is 0 Å². The number of carbonyl (C=O) groups is 2. The Morgan fingerprint density at radius 3 is 2.32 bits per heavy atom. The van der Waals surface area contributed by atoms with Crippen molar-refractivity contribution in [3.8, 4) is 11.5 Å². The highest BCUT2D eigenvalue weighted by Gasteiger charge is 2.08. The van der Waals surface area contributed by atoms with Crippen LogP contribution in [0.1, 0.15) is 22.8 Å². The van der Waals surface area contributed by atoms with Gasteiger partial charge in [-0.25, -0.2) is 0 Å². The molecule has 0 aliphatic heterocycles. The molecule has 0 heterocycles. The molecule has 0 radical (unpaired) electrons. The Morgan fingerprint density at radius 1 is 1.00 bits per heavy atom. The summed E-state index contributed by atoms with van der Waals surface area (Å²) in [7, 11) is 3.13. The fraction of sp³-hybridized carbons (Fsp3) is 0.263. The fourth-order valence-corrected chi connectivity index (χ4v) is 2.36. The second kappa shape index (κ2) is 8.73. The van der Waals surface area contributed by atoms with Crippen molar-refractivity contribution < 1.29 is 19.1 Å². The average molecular weight is 342 g/mol. The smallest absolute Gasteiger partial charge is 0.251 e. The van der Waals surface area contributed by atoms with E-state index in [2.05, 4.69) is 10.6 Å². The van der Waals surface area contributed by atoms with Crippen LogP contribution in [-0.2, 0) is 11.2 Å². The molecule has 0 spiro atoms. The molecule has 2 N–H and O–H groups in total. The van der Waals surface area contributed by atoms with E-state index in [0.29, 0.717) is 35.7 Å². The summed E-state index contributed by atoms with van der Waals surface area (Å²) in [5.41, 5.74) is 2.18. The van der Waals surface area contributed by atoms with E-state index in [1.165, 1.54) is 6.92 Å². The van der Waals surface area contributed by atoms with Crippen LogP contribution >= 0.6 is 0 Å². The second-order valence-electron chi connectivity index (χ2n) is 5.45. The summed E-state index contributed by atoms with van der Waals surface area (Å²) in [5.74, 6) is 1.00. The zero-order valence-electron chi connectivity index (χ0n) is 14.6. The van der Waals surface area contributed by atoms with Crippen LogP contribution in [0.5, 0.6) is 11.5 Å². The summed E-state index contributed by atoms with van der Waals surface area (Å²) in [6.45, 7) is 1.93. The lowest BCUT2D eigenvalue weighted by Crippen LogP contribution is -2.25. The standard InChI is InChI=1S/C19H22N2O4/c1-13(22)21-17-12-14(4-9-18(17)25-3)10-11-20-19(23)15-5-7-16(24-2)8-6-15/h4-9,12H,10-11H2,1-3H3,(H,20,23)(H,21,22). The van der Waals surface area contributed by atoms with Crippen molar-refractivity contribution >= 4 is 17.5 Å². The van der Waals surface area contributed by atoms with Gasteiger partial charge in [-0.2, -0.15) is 0 Å². The molecule has 0 unspecified atom stereocenters. The van der Waals surface area contributed by atoms with Crippen molar-refractivity contribution in [2.45, 2.75) is 13.3 Å². The van der Waals surface area contributed by atoms with Gasteiger partial charge in [-0.05, 0) is 48.4 Å². The van der Waals surface area contributed by atoms with Crippen LogP contribution in [0.2, 0.25) is 0 Å². The van der Waals surface area contributed by atoms with Gasteiger partial charge < -0.3 is 20.1 Å². The molecule has 25 heavy (non-hydrogen) atoms. The molecule has 0 aromatic heterocycles. The number of anilines is 1. The quantitative estimate of drug-likeness (QED) is 0.811. The van der Waals surface area contributed by atoms with Crippen molar-refractivity contribution in [3.63, 3.8) is 0 Å². The van der Waals surface area contributed by atoms with Crippen molar-refractivity contribution in [3.05, 3.63) is 53.6 Å². The molecule has 0 bridgehead atoms. The van der Waals surface area contributed by atoms with Gasteiger partial charge in [0, 0.05) is 19.0 Å². The Labute approximate surface area is 147 Å². The van der Waals surface area contributed by atoms with Gasteiger partial charge in [0.15, 0.2) is 0 Å². The molecular formula is C19H22N2O4. The molecule has 2 rings (SSSR count). The second-order valence-corrected chi connectivity index (χ2v) is 5.45. The van der Waals surface area contributed by atoms with E-state index in [1.807, 2.05) is 12.1 Å². The molecule has 2 amide bonds. The predicted molar refractivity (Wildman–Crippen MR) is 96.3 cm³/mol. The van der Waals surface area contributed by atoms with Crippen molar-refractivity contribution in [1.82, 2.24) is 5.32 Å². The molecule has 0 atom stereocenters. The average Bonchev–Trinajstić information content (AvgIpc) is 2.61. The van der Waals surface area contributed by atoms with Gasteiger partial charge >= 0.3 is 0 Å². The number of nitrogens with one attached hydrogen (secondary N) is 2. The first-order chi connectivity index (χ1) is 12.0. The summed E-state index contributed by atoms with van der Waals surface area (Å²) >= 11 is 0. The number of rotatable bonds is 7. The van der Waals surface area contributed by atoms with Crippen molar-refractivity contribution in [2.24, 2.45) is 0 Å². The number of benzene rings is 2. The number of methoxy groups -OCH3 is 2. The maximum Gasteiger partial charge on any atom is 0.251 e. The van der Waals surface area contributed by atoms with Gasteiger partial charge in [0.1, 0.15) is 11.5 Å². The van der Waals surface area contributed by atoms with Crippen LogP contribution < -0.4 is 20.1 Å². The van der Waals surface area contributed by atoms with Crippen LogP contribution in [0.3, 0.4) is 0 Å². The Kier molecular flexibility index (Phi) is 6.39. The molecule has 132 valence electrons. The van der Waals surface area contributed by atoms with Gasteiger partial charge in [0.2, 0.25) is 5.91 Å². The van der Waals surface area contributed by atoms with E-state index < -0.39 is 0 Å². The van der Waals surface area contributed by atoms with E-state index >= 15 is 0 Å². The first-order valence-electron chi connectivity index (χ1n) is 7.90. The number of ether oxygens (including phenoxy) is 2. The first-order valence-corrected chi connectivity index (χ1v) is 7.90. The molecule has 2 aromatic rings. The topological polar surface area (TPSA) is 76.7 Å². The van der Waals surface area contributed by atoms with E-state index in [0.717, 1.165) is 5.56 Å². The monoisotopic (exact) mass is 342 g/mol. The maximum absolute atomic E-state index is 12.1. The van der Waals surface area contributed by atoms with Crippen LogP contribution in [0.15, 0.2) is 42.5 Å². The highest BCUT2D eigenvalue weighted by molar-refractivity contribution is 5.94. The van der Waals surface area contributed by atoms with Gasteiger partial charge in [0.25, 0.3) is 5.91 Å². The fourth-order valence-electron chi connectivity index (χ4n) is 2.36. The van der Waals surface area contributed by atoms with Crippen LogP contribution in [0.4, 0.5) is 5.69 Å². The van der Waals surface area contributed by atoms with Gasteiger partial charge in [-0.3, -0.25) is 9.59 Å². The molecule has 0 aliphatic carbocycles. The van der Waals surface area contributed by atoms with E-state index in [-0.39, 0.29) is 11.8 Å². The number of hydrogen-bond donors (Lipinski definition) is 2. The Balaban J connectivity index is 1.94. The summed E-state index contributed by atoms with van der Waals surface area (Å²) in [6, 6.07) is 12.5. The van der Waals surface area contributed by atoms with Gasteiger partial charge in [0.05, 0.1) is 19.9 Å². The molecule has 0 aliphatic rings. The summed E-state index contributed by atoms with van der Waals surface area (Å²) in [5, 5.41) is 5.61. The zero-order valence-corrected chi connectivity index (χ0v) is 14.6. The number of carbonyl (C=O) groups excluding carboxylic acids is 2. The molecular weight excluding hydrogens is 320 g/mol. The Morgan fingerprint density at radius 2 is 1.72 bits per heavy atom. The number of hydrogen-bond acceptors (Lipinski definition) is 4. The summed E-state index contributed by atoms with van der Waals surface area (Å²) in [4.78, 5) is 23.4. The zero-order chi connectivity index (χ0) is 18.2. The molecule has 0 saturated carbocycles. The van der Waals surface area contributed by atoms with E-state index in [4.69, 9.17) is 9.47 Å². The molecule has 2 aromatic carbocycles. The minimum absolute atomic E-state index is 0.141. The van der Waals surface area contributed by atoms with Crippen LogP contribution in [-0.4, -0.2) is 32.6 Å². The maximum atomic E-state index is 12.1. The van der Waals surface area contributed by atoms with Crippen molar-refractivity contribution in [1.29, 1.82) is 0 Å². The summed E-state index contributed by atoms with van der Waals surface area (Å²) < 4.78 is 10.3. The lowest BCUT2D eigenvalue weighted by Gasteiger charge is -2.11. The van der Waals surface area contributed by atoms with Crippen LogP contribution in [0, 0.1) is 0 Å². The highest BCUT2D eigenvalue weighted by Crippen LogP contribution is 2.25. The minimum atomic E-state index is -0.164. The molecule has 0 saturated heterocycles. The van der Waals surface area contributed by atoms with Gasteiger partial charge in [-0.1, -0.05) is 6.07 Å². The molecule has 0 fully saturated rings. The predicted octanol–water partition coefficient (Wildman–Crippen LogP) is 2.63. The lowest BCUT2D eigenvalue weighted by atomic mass is 10.1. The van der Waals surface area contributed by atoms with E-state index in [1.54, 1.807) is 44.6 Å². The van der Waals surface area contributed by atoms with Gasteiger partial charge in [-0.15, -0.1) is 0 Å². The third-order valence-electron chi connectivity index (χ3n) is 3.63. The minimum Gasteiger partial charge on any atom is -0.497 e. The van der Waals surface area contributed by atoms with Crippen molar-refractivity contribution in [2.75, 3.05) is 26.1 Å². The molecule has 6 heteroatoms. The highest BCUT2D eigenvalue weighted by atomic mass is 16.5. The number of amides is 2. The van der Waals surface area contributed by atoms with E-state index in [9.17, 15) is 9.59 Å². The largest absolute Gasteiger partial charge is 0.497 e. The SMILES string of the molecule is COc1ccc(C(=O)NCCc2ccc(OC)c(NC(C)=O)c2)cc1. The molecule has 6 nitrogen and oxygen atoms in total. The normalized spacial score (nSPS) is 10.0. The Hall–Kier alpha value is -3.02.